The van der Waals surface area contributed by atoms with Crippen LogP contribution in [-0.2, 0) is 14.8 Å². The van der Waals surface area contributed by atoms with Crippen molar-refractivity contribution in [2.24, 2.45) is 5.92 Å². The SMILES string of the molecule is CS(=O)(=O)N1CCC(C(=O)N[C@H](c2ccccc2)c2cc3ccccc3o2)CC1. The molecule has 0 spiro atoms. The highest BCUT2D eigenvalue weighted by Crippen LogP contribution is 2.29. The second-order valence-corrected chi connectivity index (χ2v) is 9.46. The number of carbonyl (C=O) groups excluding carboxylic acids is 1. The predicted octanol–water partition coefficient (Wildman–Crippen LogP) is 3.31. The summed E-state index contributed by atoms with van der Waals surface area (Å²) in [6.45, 7) is 0.745. The average Bonchev–Trinajstić information content (AvgIpc) is 3.16. The van der Waals surface area contributed by atoms with Gasteiger partial charge in [0.1, 0.15) is 17.4 Å². The molecule has 2 heterocycles. The number of benzene rings is 2. The number of fused-ring (bicyclic) bond motifs is 1. The maximum absolute atomic E-state index is 13.0. The third-order valence-corrected chi connectivity index (χ3v) is 6.75. The highest BCUT2D eigenvalue weighted by atomic mass is 32.2. The first-order valence-corrected chi connectivity index (χ1v) is 11.6. The van der Waals surface area contributed by atoms with Crippen LogP contribution in [0, 0.1) is 5.92 Å². The zero-order valence-electron chi connectivity index (χ0n) is 16.2. The topological polar surface area (TPSA) is 79.6 Å². The summed E-state index contributed by atoms with van der Waals surface area (Å²) in [7, 11) is -3.21. The van der Waals surface area contributed by atoms with E-state index in [1.807, 2.05) is 60.7 Å². The predicted molar refractivity (Wildman–Crippen MR) is 112 cm³/mol. The van der Waals surface area contributed by atoms with Crippen LogP contribution >= 0.6 is 0 Å². The molecule has 1 N–H and O–H groups in total. The van der Waals surface area contributed by atoms with Gasteiger partial charge in [0.25, 0.3) is 0 Å². The number of nitrogens with one attached hydrogen (secondary N) is 1. The van der Waals surface area contributed by atoms with Crippen molar-refractivity contribution in [2.45, 2.75) is 18.9 Å². The molecular formula is C22H24N2O4S. The van der Waals surface area contributed by atoms with Crippen LogP contribution in [0.4, 0.5) is 0 Å². The van der Waals surface area contributed by atoms with Gasteiger partial charge in [-0.3, -0.25) is 4.79 Å². The van der Waals surface area contributed by atoms with Crippen molar-refractivity contribution in [1.29, 1.82) is 0 Å². The van der Waals surface area contributed by atoms with Crippen LogP contribution in [-0.4, -0.2) is 38.0 Å². The first-order valence-electron chi connectivity index (χ1n) is 9.71. The lowest BCUT2D eigenvalue weighted by atomic mass is 9.95. The number of amides is 1. The minimum absolute atomic E-state index is 0.0764. The number of hydrogen-bond acceptors (Lipinski definition) is 4. The summed E-state index contributed by atoms with van der Waals surface area (Å²) in [5.41, 5.74) is 1.72. The van der Waals surface area contributed by atoms with Gasteiger partial charge in [0, 0.05) is 24.4 Å². The molecular weight excluding hydrogens is 388 g/mol. The Morgan fingerprint density at radius 1 is 1.07 bits per heavy atom. The van der Waals surface area contributed by atoms with Gasteiger partial charge in [0.2, 0.25) is 15.9 Å². The summed E-state index contributed by atoms with van der Waals surface area (Å²) in [5.74, 6) is 0.385. The van der Waals surface area contributed by atoms with Gasteiger partial charge < -0.3 is 9.73 Å². The Morgan fingerprint density at radius 2 is 1.72 bits per heavy atom. The Balaban J connectivity index is 1.55. The monoisotopic (exact) mass is 412 g/mol. The highest BCUT2D eigenvalue weighted by Gasteiger charge is 2.31. The molecule has 1 aliphatic rings. The van der Waals surface area contributed by atoms with Crippen LogP contribution in [0.2, 0.25) is 0 Å². The molecule has 0 bridgehead atoms. The van der Waals surface area contributed by atoms with Crippen molar-refractivity contribution in [3.8, 4) is 0 Å². The minimum Gasteiger partial charge on any atom is -0.459 e. The van der Waals surface area contributed by atoms with Gasteiger partial charge in [-0.25, -0.2) is 12.7 Å². The van der Waals surface area contributed by atoms with Crippen LogP contribution in [0.3, 0.4) is 0 Å². The molecule has 0 unspecified atom stereocenters. The molecule has 3 aromatic rings. The summed E-state index contributed by atoms with van der Waals surface area (Å²) in [6, 6.07) is 19.0. The van der Waals surface area contributed by atoms with E-state index in [0.717, 1.165) is 16.5 Å². The Labute approximate surface area is 170 Å². The van der Waals surface area contributed by atoms with Crippen molar-refractivity contribution >= 4 is 26.9 Å². The van der Waals surface area contributed by atoms with Crippen molar-refractivity contribution in [1.82, 2.24) is 9.62 Å². The molecule has 1 aromatic heterocycles. The summed E-state index contributed by atoms with van der Waals surface area (Å²) >= 11 is 0. The fourth-order valence-corrected chi connectivity index (χ4v) is 4.69. The third kappa shape index (κ3) is 4.36. The van der Waals surface area contributed by atoms with E-state index in [4.69, 9.17) is 4.42 Å². The lowest BCUT2D eigenvalue weighted by Crippen LogP contribution is -2.43. The highest BCUT2D eigenvalue weighted by molar-refractivity contribution is 7.88. The largest absolute Gasteiger partial charge is 0.459 e. The van der Waals surface area contributed by atoms with Crippen molar-refractivity contribution in [3.63, 3.8) is 0 Å². The second kappa shape index (κ2) is 8.00. The fourth-order valence-electron chi connectivity index (χ4n) is 3.82. The molecule has 1 atom stereocenters. The van der Waals surface area contributed by atoms with Crippen LogP contribution in [0.5, 0.6) is 0 Å². The number of hydrogen-bond donors (Lipinski definition) is 1. The Kier molecular flexibility index (Phi) is 5.43. The van der Waals surface area contributed by atoms with E-state index in [9.17, 15) is 13.2 Å². The maximum atomic E-state index is 13.0. The molecule has 2 aromatic carbocycles. The molecule has 1 aliphatic heterocycles. The van der Waals surface area contributed by atoms with E-state index in [-0.39, 0.29) is 11.8 Å². The molecule has 0 aliphatic carbocycles. The van der Waals surface area contributed by atoms with Crippen LogP contribution in [0.15, 0.2) is 65.1 Å². The van der Waals surface area contributed by atoms with E-state index in [1.54, 1.807) is 0 Å². The minimum atomic E-state index is -3.21. The third-order valence-electron chi connectivity index (χ3n) is 5.44. The average molecular weight is 413 g/mol. The number of carbonyl (C=O) groups is 1. The summed E-state index contributed by atoms with van der Waals surface area (Å²) in [5, 5.41) is 4.12. The van der Waals surface area contributed by atoms with Crippen LogP contribution in [0.25, 0.3) is 11.0 Å². The van der Waals surface area contributed by atoms with Gasteiger partial charge in [0.05, 0.1) is 6.26 Å². The molecule has 152 valence electrons. The van der Waals surface area contributed by atoms with Crippen LogP contribution < -0.4 is 5.32 Å². The Bertz CT molecular complexity index is 1070. The first kappa shape index (κ1) is 19.7. The molecule has 1 amide bonds. The molecule has 1 fully saturated rings. The lowest BCUT2D eigenvalue weighted by molar-refractivity contribution is -0.126. The Hall–Kier alpha value is -2.64. The fraction of sp³-hybridized carbons (Fsp3) is 0.318. The molecule has 4 rings (SSSR count). The second-order valence-electron chi connectivity index (χ2n) is 7.48. The van der Waals surface area contributed by atoms with E-state index in [0.29, 0.717) is 31.7 Å². The first-order chi connectivity index (χ1) is 13.9. The van der Waals surface area contributed by atoms with E-state index in [2.05, 4.69) is 5.32 Å². The van der Waals surface area contributed by atoms with E-state index in [1.165, 1.54) is 10.6 Å². The number of nitrogens with zero attached hydrogens (tertiary/aromatic N) is 1. The molecule has 0 radical (unpaired) electrons. The number of furan rings is 1. The normalized spacial score (nSPS) is 17.3. The van der Waals surface area contributed by atoms with Gasteiger partial charge in [-0.2, -0.15) is 0 Å². The van der Waals surface area contributed by atoms with E-state index < -0.39 is 16.1 Å². The standard InChI is InChI=1S/C22H24N2O4S/c1-29(26,27)24-13-11-17(12-14-24)22(25)23-21(16-7-3-2-4-8-16)20-15-18-9-5-6-10-19(18)28-20/h2-10,15,17,21H,11-14H2,1H3,(H,23,25)/t21-/m1/s1. The van der Waals surface area contributed by atoms with Crippen molar-refractivity contribution in [3.05, 3.63) is 72.0 Å². The Morgan fingerprint density at radius 3 is 2.38 bits per heavy atom. The zero-order valence-corrected chi connectivity index (χ0v) is 17.1. The molecule has 7 heteroatoms. The quantitative estimate of drug-likeness (QED) is 0.697. The molecule has 1 saturated heterocycles. The molecule has 6 nitrogen and oxygen atoms in total. The maximum Gasteiger partial charge on any atom is 0.224 e. The van der Waals surface area contributed by atoms with Crippen LogP contribution in [0.1, 0.15) is 30.2 Å². The van der Waals surface area contributed by atoms with Gasteiger partial charge in [-0.1, -0.05) is 48.5 Å². The summed E-state index contributed by atoms with van der Waals surface area (Å²) in [6.07, 6.45) is 2.24. The van der Waals surface area contributed by atoms with Crippen molar-refractivity contribution < 1.29 is 17.6 Å². The number of para-hydroxylation sites is 1. The number of sulfonamides is 1. The number of piperidine rings is 1. The van der Waals surface area contributed by atoms with Gasteiger partial charge >= 0.3 is 0 Å². The lowest BCUT2D eigenvalue weighted by Gasteiger charge is -2.30. The van der Waals surface area contributed by atoms with Gasteiger partial charge in [-0.15, -0.1) is 0 Å². The summed E-state index contributed by atoms with van der Waals surface area (Å²) in [4.78, 5) is 13.0. The van der Waals surface area contributed by atoms with Gasteiger partial charge in [-0.05, 0) is 30.5 Å². The van der Waals surface area contributed by atoms with E-state index >= 15 is 0 Å². The summed E-state index contributed by atoms with van der Waals surface area (Å²) < 4.78 is 30.9. The smallest absolute Gasteiger partial charge is 0.224 e. The van der Waals surface area contributed by atoms with Crippen molar-refractivity contribution in [2.75, 3.05) is 19.3 Å². The molecule has 0 saturated carbocycles. The molecule has 29 heavy (non-hydrogen) atoms. The van der Waals surface area contributed by atoms with Gasteiger partial charge in [0.15, 0.2) is 0 Å². The number of rotatable bonds is 5. The zero-order chi connectivity index (χ0) is 20.4.